The summed E-state index contributed by atoms with van der Waals surface area (Å²) in [6.45, 7) is 0. The lowest BCUT2D eigenvalue weighted by Crippen LogP contribution is -2.02. The summed E-state index contributed by atoms with van der Waals surface area (Å²) < 4.78 is 4.68. The lowest BCUT2D eigenvalue weighted by atomic mass is 10.2. The van der Waals surface area contributed by atoms with Gasteiger partial charge in [0.15, 0.2) is 0 Å². The lowest BCUT2D eigenvalue weighted by molar-refractivity contribution is 0.0601. The standard InChI is InChI=1S/C18H14Cl2N4O2/c1-26-18(25)11-2-5-13(6-3-11)23-16-9-17(22-10-21-16)24-15-8-12(19)4-7-14(15)20/h2-10H,1H3,(H2,21,22,23,24). The second-order valence-electron chi connectivity index (χ2n) is 5.23. The molecule has 0 saturated heterocycles. The molecule has 3 rings (SSSR count). The Balaban J connectivity index is 1.75. The van der Waals surface area contributed by atoms with Gasteiger partial charge in [0, 0.05) is 16.8 Å². The number of nitrogens with zero attached hydrogens (tertiary/aromatic N) is 2. The van der Waals surface area contributed by atoms with Crippen molar-refractivity contribution in [3.8, 4) is 0 Å². The predicted molar refractivity (Wildman–Crippen MR) is 103 cm³/mol. The van der Waals surface area contributed by atoms with Crippen LogP contribution >= 0.6 is 23.2 Å². The maximum atomic E-state index is 11.5. The fourth-order valence-corrected chi connectivity index (χ4v) is 2.52. The van der Waals surface area contributed by atoms with E-state index in [-0.39, 0.29) is 5.97 Å². The first-order chi connectivity index (χ1) is 12.5. The van der Waals surface area contributed by atoms with Gasteiger partial charge in [-0.2, -0.15) is 0 Å². The Hall–Kier alpha value is -2.83. The number of rotatable bonds is 5. The number of nitrogens with one attached hydrogen (secondary N) is 2. The van der Waals surface area contributed by atoms with E-state index >= 15 is 0 Å². The van der Waals surface area contributed by atoms with Gasteiger partial charge in [-0.15, -0.1) is 0 Å². The van der Waals surface area contributed by atoms with E-state index in [0.717, 1.165) is 5.69 Å². The van der Waals surface area contributed by atoms with Gasteiger partial charge >= 0.3 is 5.97 Å². The maximum Gasteiger partial charge on any atom is 0.337 e. The molecule has 8 heteroatoms. The van der Waals surface area contributed by atoms with E-state index in [2.05, 4.69) is 25.3 Å². The highest BCUT2D eigenvalue weighted by molar-refractivity contribution is 6.35. The number of ether oxygens (including phenoxy) is 1. The van der Waals surface area contributed by atoms with Gasteiger partial charge < -0.3 is 15.4 Å². The largest absolute Gasteiger partial charge is 0.465 e. The normalized spacial score (nSPS) is 10.3. The summed E-state index contributed by atoms with van der Waals surface area (Å²) in [6, 6.07) is 13.7. The van der Waals surface area contributed by atoms with Gasteiger partial charge in [0.25, 0.3) is 0 Å². The van der Waals surface area contributed by atoms with Crippen LogP contribution in [0.5, 0.6) is 0 Å². The molecule has 0 radical (unpaired) electrons. The number of hydrogen-bond donors (Lipinski definition) is 2. The minimum atomic E-state index is -0.386. The second kappa shape index (κ2) is 8.03. The number of benzene rings is 2. The van der Waals surface area contributed by atoms with Gasteiger partial charge in [0.2, 0.25) is 0 Å². The van der Waals surface area contributed by atoms with E-state index < -0.39 is 0 Å². The fraction of sp³-hybridized carbons (Fsp3) is 0.0556. The average molecular weight is 389 g/mol. The second-order valence-corrected chi connectivity index (χ2v) is 6.08. The molecule has 2 aromatic carbocycles. The van der Waals surface area contributed by atoms with E-state index in [1.54, 1.807) is 48.5 Å². The predicted octanol–water partition coefficient (Wildman–Crippen LogP) is 5.06. The molecule has 1 aromatic heterocycles. The number of halogens is 2. The molecule has 0 bridgehead atoms. The van der Waals surface area contributed by atoms with Crippen LogP contribution in [-0.4, -0.2) is 23.0 Å². The number of carbonyl (C=O) groups is 1. The number of esters is 1. The zero-order valence-electron chi connectivity index (χ0n) is 13.7. The number of methoxy groups -OCH3 is 1. The van der Waals surface area contributed by atoms with Crippen LogP contribution in [0.15, 0.2) is 54.9 Å². The highest BCUT2D eigenvalue weighted by Crippen LogP contribution is 2.28. The van der Waals surface area contributed by atoms with Crippen LogP contribution in [-0.2, 0) is 4.74 Å². The molecular weight excluding hydrogens is 375 g/mol. The Morgan fingerprint density at radius 3 is 2.35 bits per heavy atom. The molecule has 1 heterocycles. The zero-order chi connectivity index (χ0) is 18.5. The lowest BCUT2D eigenvalue weighted by Gasteiger charge is -2.10. The smallest absolute Gasteiger partial charge is 0.337 e. The summed E-state index contributed by atoms with van der Waals surface area (Å²) in [5, 5.41) is 7.33. The monoisotopic (exact) mass is 388 g/mol. The van der Waals surface area contributed by atoms with Crippen molar-refractivity contribution in [1.82, 2.24) is 9.97 Å². The first kappa shape index (κ1) is 18.0. The molecule has 0 aliphatic heterocycles. The Bertz CT molecular complexity index is 933. The quantitative estimate of drug-likeness (QED) is 0.595. The Morgan fingerprint density at radius 1 is 0.962 bits per heavy atom. The third kappa shape index (κ3) is 4.41. The van der Waals surface area contributed by atoms with Gasteiger partial charge in [-0.3, -0.25) is 0 Å². The Kier molecular flexibility index (Phi) is 5.55. The first-order valence-corrected chi connectivity index (χ1v) is 8.30. The zero-order valence-corrected chi connectivity index (χ0v) is 15.2. The van der Waals surface area contributed by atoms with Crippen molar-refractivity contribution in [3.63, 3.8) is 0 Å². The van der Waals surface area contributed by atoms with Crippen LogP contribution in [0.25, 0.3) is 0 Å². The molecule has 0 aliphatic carbocycles. The molecule has 26 heavy (non-hydrogen) atoms. The van der Waals surface area contributed by atoms with Crippen LogP contribution in [0.1, 0.15) is 10.4 Å². The number of carbonyl (C=O) groups excluding carboxylic acids is 1. The fourth-order valence-electron chi connectivity index (χ4n) is 2.18. The van der Waals surface area contributed by atoms with Crippen molar-refractivity contribution in [3.05, 3.63) is 70.5 Å². The van der Waals surface area contributed by atoms with Crippen molar-refractivity contribution in [2.75, 3.05) is 17.7 Å². The van der Waals surface area contributed by atoms with Crippen LogP contribution in [0.3, 0.4) is 0 Å². The molecule has 2 N–H and O–H groups in total. The minimum Gasteiger partial charge on any atom is -0.465 e. The highest BCUT2D eigenvalue weighted by atomic mass is 35.5. The minimum absolute atomic E-state index is 0.386. The molecule has 132 valence electrons. The van der Waals surface area contributed by atoms with Crippen molar-refractivity contribution in [2.24, 2.45) is 0 Å². The van der Waals surface area contributed by atoms with Crippen LogP contribution in [0.4, 0.5) is 23.0 Å². The summed E-state index contributed by atoms with van der Waals surface area (Å²) in [5.41, 5.74) is 1.88. The van der Waals surface area contributed by atoms with Crippen molar-refractivity contribution >= 4 is 52.2 Å². The summed E-state index contributed by atoms with van der Waals surface area (Å²) in [5.74, 6) is 0.743. The third-order valence-electron chi connectivity index (χ3n) is 3.44. The molecule has 0 atom stereocenters. The van der Waals surface area contributed by atoms with E-state index in [1.807, 2.05) is 0 Å². The van der Waals surface area contributed by atoms with Gasteiger partial charge in [-0.25, -0.2) is 14.8 Å². The van der Waals surface area contributed by atoms with Crippen molar-refractivity contribution in [1.29, 1.82) is 0 Å². The molecule has 0 fully saturated rings. The molecule has 6 nitrogen and oxygen atoms in total. The molecule has 3 aromatic rings. The van der Waals surface area contributed by atoms with Crippen LogP contribution in [0.2, 0.25) is 10.0 Å². The average Bonchev–Trinajstić information content (AvgIpc) is 2.65. The SMILES string of the molecule is COC(=O)c1ccc(Nc2cc(Nc3cc(Cl)ccc3Cl)ncn2)cc1. The van der Waals surface area contributed by atoms with E-state index in [4.69, 9.17) is 23.2 Å². The summed E-state index contributed by atoms with van der Waals surface area (Å²) in [6.07, 6.45) is 1.42. The molecule has 0 amide bonds. The molecule has 0 spiro atoms. The third-order valence-corrected chi connectivity index (χ3v) is 4.00. The van der Waals surface area contributed by atoms with E-state index in [0.29, 0.717) is 32.9 Å². The van der Waals surface area contributed by atoms with Crippen LogP contribution in [0, 0.1) is 0 Å². The Labute approximate surface area is 160 Å². The van der Waals surface area contributed by atoms with Gasteiger partial charge in [-0.05, 0) is 42.5 Å². The topological polar surface area (TPSA) is 76.1 Å². The molecule has 0 unspecified atom stereocenters. The van der Waals surface area contributed by atoms with E-state index in [9.17, 15) is 4.79 Å². The van der Waals surface area contributed by atoms with Gasteiger partial charge in [0.1, 0.15) is 18.0 Å². The summed E-state index contributed by atoms with van der Waals surface area (Å²) >= 11 is 12.1. The van der Waals surface area contributed by atoms with Crippen molar-refractivity contribution in [2.45, 2.75) is 0 Å². The number of aromatic nitrogens is 2. The van der Waals surface area contributed by atoms with Crippen molar-refractivity contribution < 1.29 is 9.53 Å². The van der Waals surface area contributed by atoms with Gasteiger partial charge in [-0.1, -0.05) is 23.2 Å². The molecule has 0 saturated carbocycles. The van der Waals surface area contributed by atoms with Gasteiger partial charge in [0.05, 0.1) is 23.4 Å². The Morgan fingerprint density at radius 2 is 1.65 bits per heavy atom. The summed E-state index contributed by atoms with van der Waals surface area (Å²) in [7, 11) is 1.34. The first-order valence-electron chi connectivity index (χ1n) is 7.54. The number of anilines is 4. The maximum absolute atomic E-state index is 11.5. The highest BCUT2D eigenvalue weighted by Gasteiger charge is 2.06. The molecular formula is C18H14Cl2N4O2. The van der Waals surface area contributed by atoms with E-state index in [1.165, 1.54) is 13.4 Å². The summed E-state index contributed by atoms with van der Waals surface area (Å²) in [4.78, 5) is 19.8. The number of hydrogen-bond acceptors (Lipinski definition) is 6. The molecule has 0 aliphatic rings. The van der Waals surface area contributed by atoms with Crippen LogP contribution < -0.4 is 10.6 Å².